The minimum atomic E-state index is -4.48. The summed E-state index contributed by atoms with van der Waals surface area (Å²) in [5.74, 6) is 0.294. The minimum absolute atomic E-state index is 0.110. The Morgan fingerprint density at radius 3 is 2.86 bits per heavy atom. The Labute approximate surface area is 168 Å². The predicted molar refractivity (Wildman–Crippen MR) is 109 cm³/mol. The Balaban J connectivity index is 1.56. The van der Waals surface area contributed by atoms with Crippen molar-refractivity contribution in [3.8, 4) is 0 Å². The van der Waals surface area contributed by atoms with Gasteiger partial charge in [-0.1, -0.05) is 50.8 Å². The molecule has 28 heavy (non-hydrogen) atoms. The third-order valence-electron chi connectivity index (χ3n) is 6.17. The van der Waals surface area contributed by atoms with Crippen molar-refractivity contribution in [1.29, 1.82) is 0 Å². The lowest BCUT2D eigenvalue weighted by molar-refractivity contribution is 0.0216. The smallest absolute Gasteiger partial charge is 0.373 e. The van der Waals surface area contributed by atoms with Crippen LogP contribution in [0, 0.1) is 0 Å². The first-order valence-electron chi connectivity index (χ1n) is 10.5. The van der Waals surface area contributed by atoms with E-state index in [-0.39, 0.29) is 6.61 Å². The molecule has 0 saturated heterocycles. The van der Waals surface area contributed by atoms with Gasteiger partial charge in [-0.2, -0.15) is 0 Å². The topological polar surface area (TPSA) is 102 Å². The van der Waals surface area contributed by atoms with E-state index in [2.05, 4.69) is 29.6 Å². The molecule has 0 spiro atoms. The standard InChI is InChI=1S/C21H34NO5P/c1-2-3-4-5-6-20-12-17-8-7-16(11-19(17)14-26-20)18-9-10-21(22,13-18)15-27-28(23,24)25/h7-8,11,18,20H,2-6,9-10,12-15,22H2,1H3,(H2,23,24,25)/t18-,20?,21+/m0/s1. The molecule has 1 aliphatic heterocycles. The Bertz CT molecular complexity index is 706. The number of nitrogens with two attached hydrogens (primary N) is 1. The molecule has 2 aliphatic rings. The van der Waals surface area contributed by atoms with Crippen LogP contribution in [-0.4, -0.2) is 28.0 Å². The van der Waals surface area contributed by atoms with Crippen molar-refractivity contribution in [2.45, 2.75) is 88.9 Å². The molecule has 158 valence electrons. The van der Waals surface area contributed by atoms with Gasteiger partial charge in [0.15, 0.2) is 0 Å². The monoisotopic (exact) mass is 411 g/mol. The second-order valence-corrected chi connectivity index (χ2v) is 9.82. The highest BCUT2D eigenvalue weighted by atomic mass is 31.2. The number of hydrogen-bond donors (Lipinski definition) is 3. The van der Waals surface area contributed by atoms with Crippen molar-refractivity contribution in [2.75, 3.05) is 6.61 Å². The number of ether oxygens (including phenoxy) is 1. The van der Waals surface area contributed by atoms with E-state index in [4.69, 9.17) is 20.3 Å². The molecule has 1 aromatic rings. The lowest BCUT2D eigenvalue weighted by atomic mass is 9.89. The molecule has 1 fully saturated rings. The van der Waals surface area contributed by atoms with Gasteiger partial charge in [0, 0.05) is 5.54 Å². The maximum atomic E-state index is 11.0. The molecule has 3 atom stereocenters. The lowest BCUT2D eigenvalue weighted by Crippen LogP contribution is -2.41. The lowest BCUT2D eigenvalue weighted by Gasteiger charge is -2.27. The molecular formula is C21H34NO5P. The fourth-order valence-corrected chi connectivity index (χ4v) is 4.94. The highest BCUT2D eigenvalue weighted by molar-refractivity contribution is 7.46. The van der Waals surface area contributed by atoms with E-state index in [1.807, 2.05) is 0 Å². The van der Waals surface area contributed by atoms with Gasteiger partial charge in [-0.3, -0.25) is 4.52 Å². The quantitative estimate of drug-likeness (QED) is 0.416. The molecule has 1 aliphatic carbocycles. The van der Waals surface area contributed by atoms with Gasteiger partial charge in [0.1, 0.15) is 0 Å². The molecule has 4 N–H and O–H groups in total. The van der Waals surface area contributed by atoms with Crippen molar-refractivity contribution in [1.82, 2.24) is 0 Å². The SMILES string of the molecule is CCCCCCC1Cc2ccc([C@H]3CC[C@](N)(COP(=O)(O)O)C3)cc2CO1. The fourth-order valence-electron chi connectivity index (χ4n) is 4.51. The third-order valence-corrected chi connectivity index (χ3v) is 6.63. The van der Waals surface area contributed by atoms with Crippen LogP contribution >= 0.6 is 7.82 Å². The summed E-state index contributed by atoms with van der Waals surface area (Å²) in [5.41, 5.74) is 9.54. The highest BCUT2D eigenvalue weighted by Crippen LogP contribution is 2.44. The van der Waals surface area contributed by atoms with Crippen LogP contribution < -0.4 is 5.73 Å². The molecular weight excluding hydrogens is 377 g/mol. The average molecular weight is 411 g/mol. The number of phosphoric acid groups is 1. The summed E-state index contributed by atoms with van der Waals surface area (Å²) in [7, 11) is -4.48. The predicted octanol–water partition coefficient (Wildman–Crippen LogP) is 4.17. The van der Waals surface area contributed by atoms with E-state index in [1.165, 1.54) is 42.4 Å². The third kappa shape index (κ3) is 6.12. The number of hydrogen-bond acceptors (Lipinski definition) is 4. The molecule has 3 rings (SSSR count). The largest absolute Gasteiger partial charge is 0.469 e. The molecule has 6 nitrogen and oxygen atoms in total. The molecule has 1 saturated carbocycles. The number of unbranched alkanes of at least 4 members (excludes halogenated alkanes) is 3. The van der Waals surface area contributed by atoms with Gasteiger partial charge in [0.2, 0.25) is 0 Å². The van der Waals surface area contributed by atoms with E-state index in [0.717, 1.165) is 19.3 Å². The van der Waals surface area contributed by atoms with Gasteiger partial charge in [0.25, 0.3) is 0 Å². The zero-order valence-electron chi connectivity index (χ0n) is 16.8. The van der Waals surface area contributed by atoms with Crippen molar-refractivity contribution >= 4 is 7.82 Å². The van der Waals surface area contributed by atoms with Gasteiger partial charge >= 0.3 is 7.82 Å². The van der Waals surface area contributed by atoms with Crippen LogP contribution in [0.5, 0.6) is 0 Å². The summed E-state index contributed by atoms with van der Waals surface area (Å²) in [5, 5.41) is 0. The number of phosphoric ester groups is 1. The van der Waals surface area contributed by atoms with Crippen LogP contribution in [-0.2, 0) is 26.9 Å². The average Bonchev–Trinajstić information content (AvgIpc) is 3.05. The summed E-state index contributed by atoms with van der Waals surface area (Å²) < 4.78 is 21.7. The van der Waals surface area contributed by atoms with Gasteiger partial charge in [-0.15, -0.1) is 0 Å². The van der Waals surface area contributed by atoms with Gasteiger partial charge in [-0.05, 0) is 54.7 Å². The molecule has 0 bridgehead atoms. The van der Waals surface area contributed by atoms with Gasteiger partial charge in [-0.25, -0.2) is 4.57 Å². The van der Waals surface area contributed by atoms with E-state index in [0.29, 0.717) is 31.5 Å². The molecule has 0 aromatic heterocycles. The first-order chi connectivity index (χ1) is 13.3. The van der Waals surface area contributed by atoms with Gasteiger partial charge in [0.05, 0.1) is 19.3 Å². The normalized spacial score (nSPS) is 27.7. The van der Waals surface area contributed by atoms with Gasteiger partial charge < -0.3 is 20.3 Å². The molecule has 0 radical (unpaired) electrons. The van der Waals surface area contributed by atoms with Crippen LogP contribution in [0.25, 0.3) is 0 Å². The summed E-state index contributed by atoms with van der Waals surface area (Å²) >= 11 is 0. The first-order valence-corrected chi connectivity index (χ1v) is 12.0. The van der Waals surface area contributed by atoms with E-state index < -0.39 is 13.4 Å². The minimum Gasteiger partial charge on any atom is -0.373 e. The number of benzene rings is 1. The van der Waals surface area contributed by atoms with Crippen LogP contribution in [0.1, 0.15) is 80.9 Å². The summed E-state index contributed by atoms with van der Waals surface area (Å²) in [6.45, 7) is 2.79. The van der Waals surface area contributed by atoms with Crippen LogP contribution in [0.15, 0.2) is 18.2 Å². The van der Waals surface area contributed by atoms with Crippen molar-refractivity contribution in [3.05, 3.63) is 34.9 Å². The fraction of sp³-hybridized carbons (Fsp3) is 0.714. The van der Waals surface area contributed by atoms with E-state index in [1.54, 1.807) is 0 Å². The zero-order valence-corrected chi connectivity index (χ0v) is 17.7. The van der Waals surface area contributed by atoms with Crippen molar-refractivity contribution in [3.63, 3.8) is 0 Å². The summed E-state index contributed by atoms with van der Waals surface area (Å²) in [6.07, 6.45) is 9.83. The second kappa shape index (κ2) is 9.38. The Morgan fingerprint density at radius 2 is 2.11 bits per heavy atom. The Hall–Kier alpha value is -0.750. The number of rotatable bonds is 9. The Morgan fingerprint density at radius 1 is 1.29 bits per heavy atom. The van der Waals surface area contributed by atoms with E-state index in [9.17, 15) is 4.57 Å². The van der Waals surface area contributed by atoms with E-state index >= 15 is 0 Å². The molecule has 1 heterocycles. The Kier molecular flexibility index (Phi) is 7.35. The van der Waals surface area contributed by atoms with Crippen LogP contribution in [0.4, 0.5) is 0 Å². The highest BCUT2D eigenvalue weighted by Gasteiger charge is 2.38. The molecule has 7 heteroatoms. The zero-order chi connectivity index (χ0) is 20.2. The summed E-state index contributed by atoms with van der Waals surface area (Å²) in [6, 6.07) is 6.66. The van der Waals surface area contributed by atoms with Crippen molar-refractivity contribution < 1.29 is 23.6 Å². The maximum Gasteiger partial charge on any atom is 0.469 e. The van der Waals surface area contributed by atoms with Crippen molar-refractivity contribution in [2.24, 2.45) is 5.73 Å². The summed E-state index contributed by atoms with van der Waals surface area (Å²) in [4.78, 5) is 17.9. The van der Waals surface area contributed by atoms with Crippen LogP contribution in [0.2, 0.25) is 0 Å². The molecule has 1 unspecified atom stereocenters. The molecule has 1 aromatic carbocycles. The second-order valence-electron chi connectivity index (χ2n) is 8.58. The van der Waals surface area contributed by atoms with Crippen LogP contribution in [0.3, 0.4) is 0 Å². The first kappa shape index (κ1) is 21.9. The molecule has 0 amide bonds. The number of fused-ring (bicyclic) bond motifs is 1. The maximum absolute atomic E-state index is 11.0.